The summed E-state index contributed by atoms with van der Waals surface area (Å²) in [5.41, 5.74) is 8.82. The summed E-state index contributed by atoms with van der Waals surface area (Å²) >= 11 is 0. The lowest BCUT2D eigenvalue weighted by atomic mass is 10.1. The molecule has 0 aromatic heterocycles. The zero-order chi connectivity index (χ0) is 14.2. The van der Waals surface area contributed by atoms with Crippen LogP contribution < -0.4 is 5.73 Å². The molecule has 1 heterocycles. The number of hydrogen-bond acceptors (Lipinski definition) is 4. The van der Waals surface area contributed by atoms with Gasteiger partial charge in [0, 0.05) is 18.8 Å². The summed E-state index contributed by atoms with van der Waals surface area (Å²) in [7, 11) is -3.49. The molecule has 0 atom stereocenters. The minimum absolute atomic E-state index is 0.345. The fourth-order valence-electron chi connectivity index (χ4n) is 2.49. The normalized spacial score (nSPS) is 17.6. The highest BCUT2D eigenvalue weighted by atomic mass is 32.2. The summed E-state index contributed by atoms with van der Waals surface area (Å²) < 4.78 is 32.1. The van der Waals surface area contributed by atoms with Crippen molar-refractivity contribution in [2.75, 3.05) is 32.0 Å². The maximum absolute atomic E-state index is 12.7. The Bertz CT molecular complexity index is 590. The summed E-state index contributed by atoms with van der Waals surface area (Å²) in [6.45, 7) is 7.15. The molecule has 1 aliphatic rings. The molecular formula is C13H20N2O3S. The average molecular weight is 284 g/mol. The molecular weight excluding hydrogens is 264 g/mol. The molecule has 0 spiro atoms. The summed E-state index contributed by atoms with van der Waals surface area (Å²) in [6, 6.07) is 1.83. The van der Waals surface area contributed by atoms with Crippen molar-refractivity contribution in [3.05, 3.63) is 22.8 Å². The Kier molecular flexibility index (Phi) is 3.85. The molecule has 2 N–H and O–H groups in total. The highest BCUT2D eigenvalue weighted by molar-refractivity contribution is 7.89. The molecule has 106 valence electrons. The van der Waals surface area contributed by atoms with E-state index in [2.05, 4.69) is 0 Å². The van der Waals surface area contributed by atoms with Crippen LogP contribution in [0.25, 0.3) is 0 Å². The van der Waals surface area contributed by atoms with Gasteiger partial charge in [0.1, 0.15) is 0 Å². The van der Waals surface area contributed by atoms with E-state index in [1.807, 2.05) is 19.9 Å². The monoisotopic (exact) mass is 284 g/mol. The number of rotatable bonds is 2. The lowest BCUT2D eigenvalue weighted by Crippen LogP contribution is -2.41. The molecule has 6 heteroatoms. The zero-order valence-electron chi connectivity index (χ0n) is 11.6. The standard InChI is InChI=1S/C13H20N2O3S/c1-9-8-10(2)13(11(3)12(9)14)19(16,17)15-4-6-18-7-5-15/h8H,4-7,14H2,1-3H3. The molecule has 0 unspecified atom stereocenters. The number of nitrogens with two attached hydrogens (primary N) is 1. The van der Waals surface area contributed by atoms with E-state index in [9.17, 15) is 8.42 Å². The predicted octanol–water partition coefficient (Wildman–Crippen LogP) is 1.21. The number of nitrogen functional groups attached to an aromatic ring is 1. The average Bonchev–Trinajstić information content (AvgIpc) is 2.37. The molecule has 0 radical (unpaired) electrons. The summed E-state index contributed by atoms with van der Waals surface area (Å²) in [4.78, 5) is 0.345. The third-order valence-corrected chi connectivity index (χ3v) is 5.72. The lowest BCUT2D eigenvalue weighted by Gasteiger charge is -2.28. The van der Waals surface area contributed by atoms with Gasteiger partial charge in [0.15, 0.2) is 0 Å². The van der Waals surface area contributed by atoms with E-state index in [1.165, 1.54) is 4.31 Å². The minimum atomic E-state index is -3.49. The zero-order valence-corrected chi connectivity index (χ0v) is 12.4. The number of aryl methyl sites for hydroxylation is 2. The highest BCUT2D eigenvalue weighted by Crippen LogP contribution is 2.30. The van der Waals surface area contributed by atoms with E-state index < -0.39 is 10.0 Å². The number of benzene rings is 1. The van der Waals surface area contributed by atoms with Crippen LogP contribution in [0.4, 0.5) is 5.69 Å². The van der Waals surface area contributed by atoms with Gasteiger partial charge in [-0.05, 0) is 37.5 Å². The maximum Gasteiger partial charge on any atom is 0.243 e. The van der Waals surface area contributed by atoms with Gasteiger partial charge in [-0.3, -0.25) is 0 Å². The first-order valence-corrected chi connectivity index (χ1v) is 7.74. The molecule has 0 bridgehead atoms. The molecule has 1 saturated heterocycles. The second-order valence-corrected chi connectivity index (χ2v) is 6.77. The van der Waals surface area contributed by atoms with Crippen molar-refractivity contribution < 1.29 is 13.2 Å². The summed E-state index contributed by atoms with van der Waals surface area (Å²) in [5.74, 6) is 0. The first kappa shape index (κ1) is 14.3. The topological polar surface area (TPSA) is 72.6 Å². The maximum atomic E-state index is 12.7. The highest BCUT2D eigenvalue weighted by Gasteiger charge is 2.30. The van der Waals surface area contributed by atoms with Gasteiger partial charge in [-0.2, -0.15) is 4.31 Å². The molecule has 1 fully saturated rings. The quantitative estimate of drug-likeness (QED) is 0.829. The van der Waals surface area contributed by atoms with Gasteiger partial charge in [0.2, 0.25) is 10.0 Å². The smallest absolute Gasteiger partial charge is 0.243 e. The van der Waals surface area contributed by atoms with Gasteiger partial charge in [-0.15, -0.1) is 0 Å². The fraction of sp³-hybridized carbons (Fsp3) is 0.538. The van der Waals surface area contributed by atoms with E-state index >= 15 is 0 Å². The minimum Gasteiger partial charge on any atom is -0.398 e. The number of nitrogens with zero attached hydrogens (tertiary/aromatic N) is 1. The molecule has 1 aliphatic heterocycles. The van der Waals surface area contributed by atoms with Crippen molar-refractivity contribution in [1.82, 2.24) is 4.31 Å². The fourth-order valence-corrected chi connectivity index (χ4v) is 4.35. The first-order chi connectivity index (χ1) is 8.85. The van der Waals surface area contributed by atoms with E-state index in [4.69, 9.17) is 10.5 Å². The predicted molar refractivity (Wildman–Crippen MR) is 74.6 cm³/mol. The lowest BCUT2D eigenvalue weighted by molar-refractivity contribution is 0.0730. The summed E-state index contributed by atoms with van der Waals surface area (Å²) in [5, 5.41) is 0. The van der Waals surface area contributed by atoms with Crippen LogP contribution in [-0.2, 0) is 14.8 Å². The van der Waals surface area contributed by atoms with E-state index in [0.717, 1.165) is 11.1 Å². The van der Waals surface area contributed by atoms with Gasteiger partial charge < -0.3 is 10.5 Å². The van der Waals surface area contributed by atoms with Gasteiger partial charge in [-0.1, -0.05) is 6.07 Å². The number of morpholine rings is 1. The Labute approximate surface area is 114 Å². The van der Waals surface area contributed by atoms with Crippen LogP contribution in [0.15, 0.2) is 11.0 Å². The van der Waals surface area contributed by atoms with E-state index in [-0.39, 0.29) is 0 Å². The Morgan fingerprint density at radius 2 is 1.74 bits per heavy atom. The number of hydrogen-bond donors (Lipinski definition) is 1. The second kappa shape index (κ2) is 5.11. The second-order valence-electron chi connectivity index (χ2n) is 4.89. The van der Waals surface area contributed by atoms with Gasteiger partial charge in [0.25, 0.3) is 0 Å². The number of ether oxygens (including phenoxy) is 1. The van der Waals surface area contributed by atoms with Gasteiger partial charge in [-0.25, -0.2) is 8.42 Å². The van der Waals surface area contributed by atoms with Crippen LogP contribution >= 0.6 is 0 Å². The number of anilines is 1. The molecule has 1 aromatic rings. The van der Waals surface area contributed by atoms with Crippen molar-refractivity contribution >= 4 is 15.7 Å². The van der Waals surface area contributed by atoms with Crippen LogP contribution in [-0.4, -0.2) is 39.0 Å². The molecule has 1 aromatic carbocycles. The Morgan fingerprint density at radius 3 is 2.32 bits per heavy atom. The van der Waals surface area contributed by atoms with Crippen LogP contribution in [0.2, 0.25) is 0 Å². The van der Waals surface area contributed by atoms with Gasteiger partial charge >= 0.3 is 0 Å². The molecule has 2 rings (SSSR count). The van der Waals surface area contributed by atoms with E-state index in [0.29, 0.717) is 42.4 Å². The number of sulfonamides is 1. The first-order valence-electron chi connectivity index (χ1n) is 6.30. The SMILES string of the molecule is Cc1cc(C)c(S(=O)(=O)N2CCOCC2)c(C)c1N. The third kappa shape index (κ3) is 2.48. The van der Waals surface area contributed by atoms with Crippen LogP contribution in [0.1, 0.15) is 16.7 Å². The summed E-state index contributed by atoms with van der Waals surface area (Å²) in [6.07, 6.45) is 0. The molecule has 19 heavy (non-hydrogen) atoms. The van der Waals surface area contributed by atoms with Crippen LogP contribution in [0.5, 0.6) is 0 Å². The largest absolute Gasteiger partial charge is 0.398 e. The van der Waals surface area contributed by atoms with Crippen LogP contribution in [0, 0.1) is 20.8 Å². The third-order valence-electron chi connectivity index (χ3n) is 3.53. The molecule has 0 saturated carbocycles. The molecule has 5 nitrogen and oxygen atoms in total. The molecule has 0 aliphatic carbocycles. The van der Waals surface area contributed by atoms with Crippen molar-refractivity contribution in [2.24, 2.45) is 0 Å². The van der Waals surface area contributed by atoms with Crippen molar-refractivity contribution in [3.63, 3.8) is 0 Å². The van der Waals surface area contributed by atoms with Crippen LogP contribution in [0.3, 0.4) is 0 Å². The Morgan fingerprint density at radius 1 is 1.16 bits per heavy atom. The van der Waals surface area contributed by atoms with Crippen molar-refractivity contribution in [3.8, 4) is 0 Å². The van der Waals surface area contributed by atoms with Gasteiger partial charge in [0.05, 0.1) is 18.1 Å². The Balaban J connectivity index is 2.54. The van der Waals surface area contributed by atoms with E-state index in [1.54, 1.807) is 6.92 Å². The Hall–Kier alpha value is -1.11. The molecule has 0 amide bonds. The van der Waals surface area contributed by atoms with Crippen molar-refractivity contribution in [1.29, 1.82) is 0 Å². The van der Waals surface area contributed by atoms with Crippen molar-refractivity contribution in [2.45, 2.75) is 25.7 Å².